The van der Waals surface area contributed by atoms with Gasteiger partial charge in [0.1, 0.15) is 5.69 Å². The number of carbonyl (C=O) groups is 1. The Balaban J connectivity index is 1.81. The van der Waals surface area contributed by atoms with Crippen molar-refractivity contribution >= 4 is 5.91 Å². The van der Waals surface area contributed by atoms with Crippen molar-refractivity contribution in [2.75, 3.05) is 7.11 Å². The molecule has 0 spiro atoms. The maximum absolute atomic E-state index is 12.6. The van der Waals surface area contributed by atoms with Crippen molar-refractivity contribution in [3.05, 3.63) is 42.1 Å². The molecular weight excluding hydrogens is 294 g/mol. The molecule has 6 heteroatoms. The Kier molecular flexibility index (Phi) is 4.62. The minimum Gasteiger partial charge on any atom is -0.480 e. The molecule has 1 aliphatic carbocycles. The van der Waals surface area contributed by atoms with Crippen LogP contribution in [0.2, 0.25) is 0 Å². The maximum Gasteiger partial charge on any atom is 0.270 e. The van der Waals surface area contributed by atoms with Gasteiger partial charge in [-0.25, -0.2) is 4.68 Å². The second-order valence-electron chi connectivity index (χ2n) is 5.80. The van der Waals surface area contributed by atoms with Crippen molar-refractivity contribution in [3.63, 3.8) is 0 Å². The molecule has 23 heavy (non-hydrogen) atoms. The molecule has 1 aromatic heterocycles. The van der Waals surface area contributed by atoms with Gasteiger partial charge in [0.2, 0.25) is 5.88 Å². The average molecular weight is 315 g/mol. The van der Waals surface area contributed by atoms with E-state index in [1.165, 1.54) is 7.11 Å². The summed E-state index contributed by atoms with van der Waals surface area (Å²) in [5, 5.41) is 16.9. The summed E-state index contributed by atoms with van der Waals surface area (Å²) in [4.78, 5) is 12.6. The lowest BCUT2D eigenvalue weighted by atomic mass is 9.93. The largest absolute Gasteiger partial charge is 0.480 e. The van der Waals surface area contributed by atoms with E-state index in [-0.39, 0.29) is 18.1 Å². The van der Waals surface area contributed by atoms with Crippen molar-refractivity contribution in [1.82, 2.24) is 15.1 Å². The smallest absolute Gasteiger partial charge is 0.270 e. The lowest BCUT2D eigenvalue weighted by Gasteiger charge is -2.26. The third kappa shape index (κ3) is 3.53. The molecule has 0 atom stereocenters. The SMILES string of the molecule is COc1cc(C(=O)NC2CCC(O)CC2)n(-c2ccccc2)n1. The molecule has 0 radical (unpaired) electrons. The lowest BCUT2D eigenvalue weighted by Crippen LogP contribution is -2.39. The third-order valence-electron chi connectivity index (χ3n) is 4.16. The fraction of sp³-hybridized carbons (Fsp3) is 0.412. The fourth-order valence-corrected chi connectivity index (χ4v) is 2.87. The summed E-state index contributed by atoms with van der Waals surface area (Å²) in [6, 6.07) is 11.2. The first kappa shape index (κ1) is 15.6. The van der Waals surface area contributed by atoms with Crippen LogP contribution in [-0.4, -0.2) is 40.0 Å². The van der Waals surface area contributed by atoms with Crippen molar-refractivity contribution in [2.45, 2.75) is 37.8 Å². The molecule has 2 N–H and O–H groups in total. The third-order valence-corrected chi connectivity index (χ3v) is 4.16. The molecule has 6 nitrogen and oxygen atoms in total. The number of hydrogen-bond acceptors (Lipinski definition) is 4. The zero-order valence-corrected chi connectivity index (χ0v) is 13.1. The van der Waals surface area contributed by atoms with Crippen molar-refractivity contribution < 1.29 is 14.6 Å². The molecule has 1 fully saturated rings. The van der Waals surface area contributed by atoms with Crippen LogP contribution in [0.4, 0.5) is 0 Å². The van der Waals surface area contributed by atoms with Crippen LogP contribution in [0.25, 0.3) is 5.69 Å². The highest BCUT2D eigenvalue weighted by molar-refractivity contribution is 5.93. The molecule has 3 rings (SSSR count). The van der Waals surface area contributed by atoms with Crippen LogP contribution in [0.5, 0.6) is 5.88 Å². The normalized spacial score (nSPS) is 21.0. The van der Waals surface area contributed by atoms with E-state index >= 15 is 0 Å². The van der Waals surface area contributed by atoms with Crippen LogP contribution in [-0.2, 0) is 0 Å². The van der Waals surface area contributed by atoms with Crippen LogP contribution < -0.4 is 10.1 Å². The van der Waals surface area contributed by atoms with Crippen molar-refractivity contribution in [1.29, 1.82) is 0 Å². The van der Waals surface area contributed by atoms with Crippen molar-refractivity contribution in [2.24, 2.45) is 0 Å². The summed E-state index contributed by atoms with van der Waals surface area (Å²) in [7, 11) is 1.53. The minimum absolute atomic E-state index is 0.0935. The van der Waals surface area contributed by atoms with E-state index in [4.69, 9.17) is 4.74 Å². The quantitative estimate of drug-likeness (QED) is 0.903. The number of ether oxygens (including phenoxy) is 1. The summed E-state index contributed by atoms with van der Waals surface area (Å²) >= 11 is 0. The van der Waals surface area contributed by atoms with Crippen LogP contribution in [0.3, 0.4) is 0 Å². The van der Waals surface area contributed by atoms with E-state index in [0.29, 0.717) is 11.6 Å². The van der Waals surface area contributed by atoms with Gasteiger partial charge < -0.3 is 15.2 Å². The Morgan fingerprint density at radius 1 is 1.26 bits per heavy atom. The van der Waals surface area contributed by atoms with Crippen molar-refractivity contribution in [3.8, 4) is 11.6 Å². The highest BCUT2D eigenvalue weighted by atomic mass is 16.5. The fourth-order valence-electron chi connectivity index (χ4n) is 2.87. The Morgan fingerprint density at radius 2 is 1.96 bits per heavy atom. The Hall–Kier alpha value is -2.34. The first-order valence-corrected chi connectivity index (χ1v) is 7.86. The van der Waals surface area contributed by atoms with Gasteiger partial charge in [-0.2, -0.15) is 0 Å². The summed E-state index contributed by atoms with van der Waals surface area (Å²) in [5.74, 6) is 0.226. The number of methoxy groups -OCH3 is 1. The zero-order valence-electron chi connectivity index (χ0n) is 13.1. The monoisotopic (exact) mass is 315 g/mol. The molecule has 1 aromatic carbocycles. The summed E-state index contributed by atoms with van der Waals surface area (Å²) in [6.45, 7) is 0. The van der Waals surface area contributed by atoms with Gasteiger partial charge in [-0.1, -0.05) is 18.2 Å². The van der Waals surface area contributed by atoms with Crippen LogP contribution in [0.1, 0.15) is 36.2 Å². The number of para-hydroxylation sites is 1. The molecule has 122 valence electrons. The average Bonchev–Trinajstić information content (AvgIpc) is 3.02. The van der Waals surface area contributed by atoms with Gasteiger partial charge in [-0.3, -0.25) is 4.79 Å². The Bertz CT molecular complexity index is 661. The van der Waals surface area contributed by atoms with Gasteiger partial charge in [0.25, 0.3) is 5.91 Å². The number of aliphatic hydroxyl groups is 1. The topological polar surface area (TPSA) is 76.4 Å². The zero-order chi connectivity index (χ0) is 16.2. The number of aromatic nitrogens is 2. The molecule has 0 bridgehead atoms. The Labute approximate surface area is 135 Å². The second-order valence-corrected chi connectivity index (χ2v) is 5.80. The summed E-state index contributed by atoms with van der Waals surface area (Å²) in [6.07, 6.45) is 2.81. The van der Waals surface area contributed by atoms with E-state index in [0.717, 1.165) is 31.4 Å². The van der Waals surface area contributed by atoms with E-state index in [1.807, 2.05) is 30.3 Å². The highest BCUT2D eigenvalue weighted by Gasteiger charge is 2.24. The molecule has 0 saturated heterocycles. The number of rotatable bonds is 4. The van der Waals surface area contributed by atoms with Crippen LogP contribution in [0, 0.1) is 0 Å². The molecule has 0 aliphatic heterocycles. The molecule has 2 aromatic rings. The molecular formula is C17H21N3O3. The molecule has 1 saturated carbocycles. The highest BCUT2D eigenvalue weighted by Crippen LogP contribution is 2.21. The molecule has 0 unspecified atom stereocenters. The van der Waals surface area contributed by atoms with E-state index in [9.17, 15) is 9.90 Å². The van der Waals surface area contributed by atoms with Gasteiger partial charge in [-0.05, 0) is 37.8 Å². The first-order chi connectivity index (χ1) is 11.2. The number of amides is 1. The predicted molar refractivity (Wildman–Crippen MR) is 85.8 cm³/mol. The summed E-state index contributed by atoms with van der Waals surface area (Å²) in [5.41, 5.74) is 1.25. The first-order valence-electron chi connectivity index (χ1n) is 7.86. The van der Waals surface area contributed by atoms with E-state index in [1.54, 1.807) is 10.7 Å². The minimum atomic E-state index is -0.238. The lowest BCUT2D eigenvalue weighted by molar-refractivity contribution is 0.0860. The predicted octanol–water partition coefficient (Wildman–Crippen LogP) is 1.91. The molecule has 1 heterocycles. The second kappa shape index (κ2) is 6.83. The van der Waals surface area contributed by atoms with E-state index < -0.39 is 0 Å². The number of carbonyl (C=O) groups excluding carboxylic acids is 1. The van der Waals surface area contributed by atoms with Gasteiger partial charge in [-0.15, -0.1) is 5.10 Å². The van der Waals surface area contributed by atoms with Gasteiger partial charge in [0, 0.05) is 12.1 Å². The number of aliphatic hydroxyl groups excluding tert-OH is 1. The van der Waals surface area contributed by atoms with Crippen LogP contribution in [0.15, 0.2) is 36.4 Å². The molecule has 1 aliphatic rings. The number of hydrogen-bond donors (Lipinski definition) is 2. The van der Waals surface area contributed by atoms with Gasteiger partial charge in [0.15, 0.2) is 0 Å². The number of nitrogens with zero attached hydrogens (tertiary/aromatic N) is 2. The standard InChI is InChI=1S/C17H21N3O3/c1-23-16-11-15(20(19-16)13-5-3-2-4-6-13)17(22)18-12-7-9-14(21)10-8-12/h2-6,11-12,14,21H,7-10H2,1H3,(H,18,22). The maximum atomic E-state index is 12.6. The van der Waals surface area contributed by atoms with Gasteiger partial charge >= 0.3 is 0 Å². The van der Waals surface area contributed by atoms with Gasteiger partial charge in [0.05, 0.1) is 18.9 Å². The number of nitrogens with one attached hydrogen (secondary N) is 1. The summed E-state index contributed by atoms with van der Waals surface area (Å²) < 4.78 is 6.76. The molecule has 1 amide bonds. The number of benzene rings is 1. The Morgan fingerprint density at radius 3 is 2.61 bits per heavy atom. The van der Waals surface area contributed by atoms with Crippen LogP contribution >= 0.6 is 0 Å². The van der Waals surface area contributed by atoms with E-state index in [2.05, 4.69) is 10.4 Å².